The minimum absolute atomic E-state index is 0.302. The van der Waals surface area contributed by atoms with E-state index < -0.39 is 0 Å². The molecule has 1 fully saturated rings. The molecule has 1 aromatic carbocycles. The summed E-state index contributed by atoms with van der Waals surface area (Å²) in [5.74, 6) is 0.734. The van der Waals surface area contributed by atoms with E-state index in [1.807, 2.05) is 18.2 Å². The smallest absolute Gasteiger partial charge is 0.218 e. The number of hydrogen-bond donors (Lipinski definition) is 1. The fraction of sp³-hybridized carbons (Fsp3) is 0.471. The van der Waals surface area contributed by atoms with E-state index in [0.29, 0.717) is 12.6 Å². The zero-order valence-electron chi connectivity index (χ0n) is 11.8. The first kappa shape index (κ1) is 13.4. The third kappa shape index (κ3) is 2.93. The molecule has 0 bridgehead atoms. The van der Waals surface area contributed by atoms with E-state index in [1.165, 1.54) is 25.7 Å². The van der Waals surface area contributed by atoms with Gasteiger partial charge in [0, 0.05) is 17.5 Å². The molecule has 0 saturated heterocycles. The molecule has 2 N–H and O–H groups in total. The molecule has 3 nitrogen and oxygen atoms in total. The van der Waals surface area contributed by atoms with Gasteiger partial charge in [0.15, 0.2) is 0 Å². The monoisotopic (exact) mass is 270 g/mol. The molecule has 0 amide bonds. The molecule has 20 heavy (non-hydrogen) atoms. The predicted molar refractivity (Wildman–Crippen MR) is 81.8 cm³/mol. The van der Waals surface area contributed by atoms with Crippen LogP contribution in [0.25, 0.3) is 10.9 Å². The van der Waals surface area contributed by atoms with Crippen LogP contribution < -0.4 is 10.5 Å². The van der Waals surface area contributed by atoms with Crippen LogP contribution in [0.5, 0.6) is 5.88 Å². The van der Waals surface area contributed by atoms with Gasteiger partial charge in [0.1, 0.15) is 6.10 Å². The maximum absolute atomic E-state index is 6.17. The molecule has 1 heterocycles. The van der Waals surface area contributed by atoms with Crippen LogP contribution in [-0.2, 0) is 6.54 Å². The second-order valence-corrected chi connectivity index (χ2v) is 5.58. The molecule has 106 valence electrons. The highest BCUT2D eigenvalue weighted by Gasteiger charge is 2.16. The van der Waals surface area contributed by atoms with E-state index in [9.17, 15) is 0 Å². The number of nitrogens with zero attached hydrogens (tertiary/aromatic N) is 1. The lowest BCUT2D eigenvalue weighted by molar-refractivity contribution is 0.175. The maximum atomic E-state index is 6.17. The van der Waals surface area contributed by atoms with Crippen molar-refractivity contribution < 1.29 is 4.74 Å². The van der Waals surface area contributed by atoms with E-state index in [2.05, 4.69) is 17.1 Å². The first-order valence-corrected chi connectivity index (χ1v) is 7.62. The molecular weight excluding hydrogens is 248 g/mol. The van der Waals surface area contributed by atoms with Crippen molar-refractivity contribution in [1.29, 1.82) is 0 Å². The van der Waals surface area contributed by atoms with Crippen LogP contribution in [0.2, 0.25) is 0 Å². The normalized spacial score (nSPS) is 17.1. The molecule has 1 aromatic heterocycles. The Labute approximate surface area is 120 Å². The quantitative estimate of drug-likeness (QED) is 0.863. The van der Waals surface area contributed by atoms with Gasteiger partial charge in [-0.25, -0.2) is 4.98 Å². The van der Waals surface area contributed by atoms with Crippen molar-refractivity contribution in [3.8, 4) is 5.88 Å². The maximum Gasteiger partial charge on any atom is 0.218 e. The SMILES string of the molecule is NCc1cc2ccccc2nc1OC1CCCCCC1. The van der Waals surface area contributed by atoms with Crippen LogP contribution in [0, 0.1) is 0 Å². The average molecular weight is 270 g/mol. The molecule has 1 saturated carbocycles. The largest absolute Gasteiger partial charge is 0.474 e. The van der Waals surface area contributed by atoms with Gasteiger partial charge in [-0.1, -0.05) is 31.0 Å². The highest BCUT2D eigenvalue weighted by Crippen LogP contribution is 2.26. The van der Waals surface area contributed by atoms with Crippen LogP contribution in [0.3, 0.4) is 0 Å². The van der Waals surface area contributed by atoms with Crippen LogP contribution in [0.4, 0.5) is 0 Å². The van der Waals surface area contributed by atoms with Crippen molar-refractivity contribution >= 4 is 10.9 Å². The Bertz CT molecular complexity index is 574. The van der Waals surface area contributed by atoms with Gasteiger partial charge >= 0.3 is 0 Å². The van der Waals surface area contributed by atoms with Gasteiger partial charge in [0.25, 0.3) is 0 Å². The van der Waals surface area contributed by atoms with Gasteiger partial charge in [-0.3, -0.25) is 0 Å². The first-order chi connectivity index (χ1) is 9.86. The molecular formula is C17H22N2O. The predicted octanol–water partition coefficient (Wildman–Crippen LogP) is 3.80. The highest BCUT2D eigenvalue weighted by molar-refractivity contribution is 5.80. The Morgan fingerprint density at radius 3 is 2.60 bits per heavy atom. The molecule has 0 spiro atoms. The number of para-hydroxylation sites is 1. The van der Waals surface area contributed by atoms with Crippen LogP contribution in [0.15, 0.2) is 30.3 Å². The third-order valence-electron chi connectivity index (χ3n) is 4.06. The second kappa shape index (κ2) is 6.23. The fourth-order valence-corrected chi connectivity index (χ4v) is 2.91. The minimum Gasteiger partial charge on any atom is -0.474 e. The summed E-state index contributed by atoms with van der Waals surface area (Å²) in [7, 11) is 0. The Morgan fingerprint density at radius 1 is 1.10 bits per heavy atom. The van der Waals surface area contributed by atoms with Crippen molar-refractivity contribution in [2.45, 2.75) is 51.2 Å². The molecule has 1 aliphatic carbocycles. The Kier molecular flexibility index (Phi) is 4.16. The lowest BCUT2D eigenvalue weighted by atomic mass is 10.1. The van der Waals surface area contributed by atoms with Crippen molar-refractivity contribution in [2.75, 3.05) is 0 Å². The van der Waals surface area contributed by atoms with E-state index in [4.69, 9.17) is 10.5 Å². The van der Waals surface area contributed by atoms with E-state index in [1.54, 1.807) is 0 Å². The average Bonchev–Trinajstić information content (AvgIpc) is 2.75. The van der Waals surface area contributed by atoms with Gasteiger partial charge in [-0.05, 0) is 37.8 Å². The molecule has 0 atom stereocenters. The van der Waals surface area contributed by atoms with Crippen molar-refractivity contribution in [2.24, 2.45) is 5.73 Å². The molecule has 0 aliphatic heterocycles. The van der Waals surface area contributed by atoms with Gasteiger partial charge in [0.2, 0.25) is 5.88 Å². The topological polar surface area (TPSA) is 48.1 Å². The number of aromatic nitrogens is 1. The number of nitrogens with two attached hydrogens (primary N) is 1. The summed E-state index contributed by atoms with van der Waals surface area (Å²) in [5, 5.41) is 1.13. The number of pyridine rings is 1. The van der Waals surface area contributed by atoms with Gasteiger partial charge in [-0.2, -0.15) is 0 Å². The fourth-order valence-electron chi connectivity index (χ4n) is 2.91. The Hall–Kier alpha value is -1.61. The van der Waals surface area contributed by atoms with Crippen LogP contribution in [0.1, 0.15) is 44.1 Å². The van der Waals surface area contributed by atoms with Gasteiger partial charge in [-0.15, -0.1) is 0 Å². The zero-order valence-corrected chi connectivity index (χ0v) is 11.8. The number of fused-ring (bicyclic) bond motifs is 1. The Morgan fingerprint density at radius 2 is 1.85 bits per heavy atom. The summed E-state index contributed by atoms with van der Waals surface area (Å²) in [6.45, 7) is 0.472. The highest BCUT2D eigenvalue weighted by atomic mass is 16.5. The number of hydrogen-bond acceptors (Lipinski definition) is 3. The van der Waals surface area contributed by atoms with Gasteiger partial charge < -0.3 is 10.5 Å². The molecule has 0 radical (unpaired) electrons. The lowest BCUT2D eigenvalue weighted by Gasteiger charge is -2.18. The van der Waals surface area contributed by atoms with Crippen LogP contribution >= 0.6 is 0 Å². The van der Waals surface area contributed by atoms with Crippen molar-refractivity contribution in [1.82, 2.24) is 4.98 Å². The lowest BCUT2D eigenvalue weighted by Crippen LogP contribution is -2.17. The second-order valence-electron chi connectivity index (χ2n) is 5.58. The van der Waals surface area contributed by atoms with Crippen LogP contribution in [-0.4, -0.2) is 11.1 Å². The summed E-state index contributed by atoms with van der Waals surface area (Å²) in [5.41, 5.74) is 7.84. The third-order valence-corrected chi connectivity index (χ3v) is 4.06. The summed E-state index contributed by atoms with van der Waals surface area (Å²) in [6, 6.07) is 10.2. The van der Waals surface area contributed by atoms with Crippen molar-refractivity contribution in [3.05, 3.63) is 35.9 Å². The van der Waals surface area contributed by atoms with E-state index >= 15 is 0 Å². The summed E-state index contributed by atoms with van der Waals surface area (Å²) in [6.07, 6.45) is 7.75. The number of rotatable bonds is 3. The van der Waals surface area contributed by atoms with Crippen molar-refractivity contribution in [3.63, 3.8) is 0 Å². The standard InChI is InChI=1S/C17H22N2O/c18-12-14-11-13-7-5-6-10-16(13)19-17(14)20-15-8-3-1-2-4-9-15/h5-7,10-11,15H,1-4,8-9,12,18H2. The number of benzene rings is 1. The number of ether oxygens (including phenoxy) is 1. The molecule has 0 unspecified atom stereocenters. The molecule has 3 heteroatoms. The summed E-state index contributed by atoms with van der Waals surface area (Å²) < 4.78 is 6.17. The van der Waals surface area contributed by atoms with E-state index in [0.717, 1.165) is 35.2 Å². The zero-order chi connectivity index (χ0) is 13.8. The first-order valence-electron chi connectivity index (χ1n) is 7.62. The van der Waals surface area contributed by atoms with E-state index in [-0.39, 0.29) is 0 Å². The molecule has 3 rings (SSSR count). The Balaban J connectivity index is 1.88. The summed E-state index contributed by atoms with van der Waals surface area (Å²) in [4.78, 5) is 4.67. The van der Waals surface area contributed by atoms with Gasteiger partial charge in [0.05, 0.1) is 5.52 Å². The summed E-state index contributed by atoms with van der Waals surface area (Å²) >= 11 is 0. The molecule has 1 aliphatic rings. The molecule has 2 aromatic rings. The minimum atomic E-state index is 0.302.